The first-order valence-corrected chi connectivity index (χ1v) is 13.0. The maximum absolute atomic E-state index is 2.41. The van der Waals surface area contributed by atoms with Crippen LogP contribution in [0, 0.1) is 11.8 Å². The fourth-order valence-corrected chi connectivity index (χ4v) is 6.08. The Bertz CT molecular complexity index is 738. The Morgan fingerprint density at radius 1 is 0.567 bits per heavy atom. The minimum absolute atomic E-state index is 0.789. The van der Waals surface area contributed by atoms with E-state index in [4.69, 9.17) is 0 Å². The van der Waals surface area contributed by atoms with Crippen LogP contribution in [0.3, 0.4) is 0 Å². The van der Waals surface area contributed by atoms with Gasteiger partial charge in [-0.15, -0.1) is 0 Å². The van der Waals surface area contributed by atoms with Crippen molar-refractivity contribution in [1.29, 1.82) is 0 Å². The molecule has 0 aromatic heterocycles. The smallest absolute Gasteiger partial charge is 0.0162 e. The Hall–Kier alpha value is -1.56. The number of hydrogen-bond donors (Lipinski definition) is 0. The highest BCUT2D eigenvalue weighted by atomic mass is 14.3. The lowest BCUT2D eigenvalue weighted by atomic mass is 9.77. The van der Waals surface area contributed by atoms with Crippen LogP contribution in [-0.2, 0) is 0 Å². The van der Waals surface area contributed by atoms with Gasteiger partial charge in [-0.05, 0) is 97.3 Å². The summed E-state index contributed by atoms with van der Waals surface area (Å²) in [5.41, 5.74) is 5.87. The van der Waals surface area contributed by atoms with E-state index >= 15 is 0 Å². The van der Waals surface area contributed by atoms with Gasteiger partial charge in [-0.2, -0.15) is 0 Å². The molecule has 2 aliphatic rings. The second-order valence-electron chi connectivity index (χ2n) is 10.2. The van der Waals surface area contributed by atoms with E-state index < -0.39 is 0 Å². The fourth-order valence-electron chi connectivity index (χ4n) is 6.08. The highest BCUT2D eigenvalue weighted by molar-refractivity contribution is 5.64. The topological polar surface area (TPSA) is 0 Å². The van der Waals surface area contributed by atoms with Gasteiger partial charge in [0.05, 0.1) is 0 Å². The van der Waals surface area contributed by atoms with Crippen molar-refractivity contribution >= 4 is 0 Å². The predicted molar refractivity (Wildman–Crippen MR) is 131 cm³/mol. The van der Waals surface area contributed by atoms with Crippen molar-refractivity contribution in [2.24, 2.45) is 11.8 Å². The number of benzene rings is 2. The number of rotatable bonds is 7. The maximum atomic E-state index is 2.41. The predicted octanol–water partition coefficient (Wildman–Crippen LogP) is 9.50. The Morgan fingerprint density at radius 2 is 1.00 bits per heavy atom. The second-order valence-corrected chi connectivity index (χ2v) is 10.2. The average Bonchev–Trinajstić information content (AvgIpc) is 2.83. The van der Waals surface area contributed by atoms with Crippen molar-refractivity contribution in [1.82, 2.24) is 0 Å². The van der Waals surface area contributed by atoms with Crippen LogP contribution in [0.25, 0.3) is 11.1 Å². The summed E-state index contributed by atoms with van der Waals surface area (Å²) in [7, 11) is 0. The van der Waals surface area contributed by atoms with Crippen LogP contribution in [0.4, 0.5) is 0 Å². The van der Waals surface area contributed by atoms with E-state index in [1.165, 1.54) is 88.2 Å². The zero-order chi connectivity index (χ0) is 20.8. The lowest BCUT2D eigenvalue weighted by Gasteiger charge is -2.29. The lowest BCUT2D eigenvalue weighted by molar-refractivity contribution is 0.304. The molecule has 0 heteroatoms. The zero-order valence-electron chi connectivity index (χ0n) is 19.4. The molecule has 2 fully saturated rings. The van der Waals surface area contributed by atoms with Gasteiger partial charge in [-0.3, -0.25) is 0 Å². The summed E-state index contributed by atoms with van der Waals surface area (Å²) in [6.07, 6.45) is 16.9. The van der Waals surface area contributed by atoms with Gasteiger partial charge < -0.3 is 0 Å². The Labute approximate surface area is 185 Å². The van der Waals surface area contributed by atoms with Crippen LogP contribution >= 0.6 is 0 Å². The van der Waals surface area contributed by atoms with Gasteiger partial charge in [-0.1, -0.05) is 88.1 Å². The molecule has 0 spiro atoms. The number of unbranched alkanes of at least 4 members (excludes halogenated alkanes) is 1. The summed E-state index contributed by atoms with van der Waals surface area (Å²) in [5.74, 6) is 3.55. The van der Waals surface area contributed by atoms with E-state index in [2.05, 4.69) is 62.4 Å². The van der Waals surface area contributed by atoms with Gasteiger partial charge in [0.2, 0.25) is 0 Å². The van der Waals surface area contributed by atoms with Crippen LogP contribution in [0.5, 0.6) is 0 Å². The standard InChI is InChI=1S/C30H42/c1-3-5-6-24-9-13-26(14-10-24)28-17-21-30(22-18-28)29-19-15-27(16-20-29)25-11-7-23(4-2)8-12-25/h15-26H,3-14H2,1-2H3/t23-,24-,25-,26-. The molecule has 0 saturated heterocycles. The third-order valence-electron chi connectivity index (χ3n) is 8.33. The first kappa shape index (κ1) is 21.7. The molecule has 0 N–H and O–H groups in total. The van der Waals surface area contributed by atoms with Gasteiger partial charge in [-0.25, -0.2) is 0 Å². The Balaban J connectivity index is 1.33. The molecule has 0 bridgehead atoms. The minimum Gasteiger partial charge on any atom is -0.0654 e. The Morgan fingerprint density at radius 3 is 1.40 bits per heavy atom. The molecular weight excluding hydrogens is 360 g/mol. The second kappa shape index (κ2) is 10.7. The average molecular weight is 403 g/mol. The molecule has 0 radical (unpaired) electrons. The minimum atomic E-state index is 0.789. The van der Waals surface area contributed by atoms with Crippen LogP contribution in [0.15, 0.2) is 48.5 Å². The van der Waals surface area contributed by atoms with E-state index in [1.807, 2.05) is 0 Å². The molecular formula is C30H42. The summed E-state index contributed by atoms with van der Waals surface area (Å²) in [6.45, 7) is 4.67. The van der Waals surface area contributed by atoms with Gasteiger partial charge in [0.25, 0.3) is 0 Å². The highest BCUT2D eigenvalue weighted by Crippen LogP contribution is 2.39. The SMILES string of the molecule is CCCC[C@H]1CC[C@H](c2ccc(-c3ccc([C@H]4CC[C@H](CC)CC4)cc3)cc2)CC1. The molecule has 0 heterocycles. The normalized spacial score (nSPS) is 27.1. The summed E-state index contributed by atoms with van der Waals surface area (Å²) in [5, 5.41) is 0. The highest BCUT2D eigenvalue weighted by Gasteiger charge is 2.22. The largest absolute Gasteiger partial charge is 0.0654 e. The first-order valence-electron chi connectivity index (χ1n) is 13.0. The van der Waals surface area contributed by atoms with E-state index in [1.54, 1.807) is 11.1 Å². The van der Waals surface area contributed by atoms with Gasteiger partial charge in [0.1, 0.15) is 0 Å². The van der Waals surface area contributed by atoms with Crippen molar-refractivity contribution in [3.63, 3.8) is 0 Å². The molecule has 0 aliphatic heterocycles. The molecule has 30 heavy (non-hydrogen) atoms. The molecule has 0 nitrogen and oxygen atoms in total. The summed E-state index contributed by atoms with van der Waals surface area (Å²) in [6, 6.07) is 19.1. The Kier molecular flexibility index (Phi) is 7.69. The van der Waals surface area contributed by atoms with Crippen LogP contribution in [0.1, 0.15) is 114 Å². The van der Waals surface area contributed by atoms with Crippen molar-refractivity contribution in [3.05, 3.63) is 59.7 Å². The van der Waals surface area contributed by atoms with E-state index in [0.29, 0.717) is 0 Å². The molecule has 0 unspecified atom stereocenters. The fraction of sp³-hybridized carbons (Fsp3) is 0.600. The van der Waals surface area contributed by atoms with Gasteiger partial charge in [0.15, 0.2) is 0 Å². The molecule has 2 saturated carbocycles. The monoisotopic (exact) mass is 402 g/mol. The molecule has 2 aromatic carbocycles. The molecule has 0 atom stereocenters. The van der Waals surface area contributed by atoms with Gasteiger partial charge >= 0.3 is 0 Å². The van der Waals surface area contributed by atoms with Crippen molar-refractivity contribution < 1.29 is 0 Å². The summed E-state index contributed by atoms with van der Waals surface area (Å²) < 4.78 is 0. The van der Waals surface area contributed by atoms with Gasteiger partial charge in [0, 0.05) is 0 Å². The third-order valence-corrected chi connectivity index (χ3v) is 8.33. The summed E-state index contributed by atoms with van der Waals surface area (Å²) >= 11 is 0. The van der Waals surface area contributed by atoms with Crippen molar-refractivity contribution in [3.8, 4) is 11.1 Å². The van der Waals surface area contributed by atoms with E-state index in [0.717, 1.165) is 23.7 Å². The number of hydrogen-bond acceptors (Lipinski definition) is 0. The molecule has 162 valence electrons. The third kappa shape index (κ3) is 5.37. The maximum Gasteiger partial charge on any atom is -0.0162 e. The lowest BCUT2D eigenvalue weighted by Crippen LogP contribution is -2.13. The van der Waals surface area contributed by atoms with Crippen LogP contribution < -0.4 is 0 Å². The molecule has 0 amide bonds. The van der Waals surface area contributed by atoms with Crippen LogP contribution in [-0.4, -0.2) is 0 Å². The van der Waals surface area contributed by atoms with E-state index in [-0.39, 0.29) is 0 Å². The van der Waals surface area contributed by atoms with Crippen molar-refractivity contribution in [2.45, 2.75) is 103 Å². The molecule has 2 aliphatic carbocycles. The molecule has 4 rings (SSSR count). The molecule has 2 aromatic rings. The zero-order valence-corrected chi connectivity index (χ0v) is 19.4. The van der Waals surface area contributed by atoms with Crippen LogP contribution in [0.2, 0.25) is 0 Å². The van der Waals surface area contributed by atoms with E-state index in [9.17, 15) is 0 Å². The first-order chi connectivity index (χ1) is 14.8. The van der Waals surface area contributed by atoms with Crippen molar-refractivity contribution in [2.75, 3.05) is 0 Å². The summed E-state index contributed by atoms with van der Waals surface area (Å²) in [4.78, 5) is 0. The quantitative estimate of drug-likeness (QED) is 0.432.